The number of carbonyl (C=O) groups is 1. The number of nitrogens with one attached hydrogen (secondary N) is 3. The van der Waals surface area contributed by atoms with Gasteiger partial charge in [0.05, 0.1) is 10.6 Å². The highest BCUT2D eigenvalue weighted by Crippen LogP contribution is 2.29. The summed E-state index contributed by atoms with van der Waals surface area (Å²) in [6.45, 7) is 2.64. The number of benzene rings is 2. The second-order valence-electron chi connectivity index (χ2n) is 7.30. The topological polar surface area (TPSA) is 129 Å². The van der Waals surface area contributed by atoms with Crippen molar-refractivity contribution in [2.24, 2.45) is 5.73 Å². The number of hydrogen-bond donors (Lipinski definition) is 4. The molecule has 2 aromatic carbocycles. The maximum absolute atomic E-state index is 13.5. The van der Waals surface area contributed by atoms with Crippen LogP contribution in [0.2, 0.25) is 5.02 Å². The van der Waals surface area contributed by atoms with Gasteiger partial charge in [-0.2, -0.15) is 0 Å². The monoisotopic (exact) mass is 502 g/mol. The van der Waals surface area contributed by atoms with E-state index in [1.165, 1.54) is 23.4 Å². The molecule has 0 aliphatic rings. The van der Waals surface area contributed by atoms with Crippen LogP contribution in [-0.4, -0.2) is 45.5 Å². The minimum absolute atomic E-state index is 0.0686. The summed E-state index contributed by atoms with van der Waals surface area (Å²) in [5, 5.41) is 9.74. The molecule has 180 valence electrons. The van der Waals surface area contributed by atoms with Gasteiger partial charge in [-0.3, -0.25) is 9.10 Å². The van der Waals surface area contributed by atoms with Crippen molar-refractivity contribution in [2.45, 2.75) is 11.8 Å². The Hall–Kier alpha value is -3.34. The lowest BCUT2D eigenvalue weighted by Crippen LogP contribution is -2.36. The molecule has 0 spiro atoms. The van der Waals surface area contributed by atoms with Gasteiger partial charge in [-0.05, 0) is 60.7 Å². The summed E-state index contributed by atoms with van der Waals surface area (Å²) in [6, 6.07) is 16.7. The zero-order valence-electron chi connectivity index (χ0n) is 18.7. The van der Waals surface area contributed by atoms with Crippen molar-refractivity contribution >= 4 is 50.4 Å². The Morgan fingerprint density at radius 2 is 1.65 bits per heavy atom. The van der Waals surface area contributed by atoms with Gasteiger partial charge in [0.1, 0.15) is 0 Å². The van der Waals surface area contributed by atoms with E-state index in [0.29, 0.717) is 35.3 Å². The number of nitrogens with zero attached hydrogens (tertiary/aromatic N) is 2. The van der Waals surface area contributed by atoms with Crippen LogP contribution < -0.4 is 26.0 Å². The molecule has 0 fully saturated rings. The predicted octanol–water partition coefficient (Wildman–Crippen LogP) is 3.37. The van der Waals surface area contributed by atoms with Gasteiger partial charge in [0.25, 0.3) is 10.0 Å². The van der Waals surface area contributed by atoms with E-state index in [1.54, 1.807) is 42.6 Å². The first-order valence-electron chi connectivity index (χ1n) is 10.6. The molecule has 0 unspecified atom stereocenters. The zero-order chi connectivity index (χ0) is 24.6. The van der Waals surface area contributed by atoms with Crippen LogP contribution in [-0.2, 0) is 14.8 Å². The summed E-state index contributed by atoms with van der Waals surface area (Å²) in [7, 11) is -3.93. The van der Waals surface area contributed by atoms with Gasteiger partial charge in [-0.25, -0.2) is 13.4 Å². The largest absolute Gasteiger partial charge is 0.383 e. The molecule has 1 amide bonds. The number of hydrogen-bond acceptors (Lipinski definition) is 7. The van der Waals surface area contributed by atoms with E-state index >= 15 is 0 Å². The summed E-state index contributed by atoms with van der Waals surface area (Å²) in [5.74, 6) is 0.185. The highest BCUT2D eigenvalue weighted by Gasteiger charge is 2.26. The first-order valence-corrected chi connectivity index (χ1v) is 12.4. The molecule has 0 atom stereocenters. The van der Waals surface area contributed by atoms with Crippen LogP contribution in [0.15, 0.2) is 71.8 Å². The second kappa shape index (κ2) is 11.7. The second-order valence-corrected chi connectivity index (χ2v) is 9.60. The zero-order valence-corrected chi connectivity index (χ0v) is 20.2. The van der Waals surface area contributed by atoms with Gasteiger partial charge in [0, 0.05) is 55.7 Å². The molecule has 0 aliphatic heterocycles. The van der Waals surface area contributed by atoms with E-state index in [9.17, 15) is 13.2 Å². The average Bonchev–Trinajstić information content (AvgIpc) is 2.82. The van der Waals surface area contributed by atoms with Crippen LogP contribution in [0.4, 0.5) is 22.9 Å². The Bertz CT molecular complexity index is 1200. The Morgan fingerprint density at radius 3 is 2.29 bits per heavy atom. The first kappa shape index (κ1) is 25.3. The third-order valence-electron chi connectivity index (χ3n) is 4.74. The van der Waals surface area contributed by atoms with E-state index in [-0.39, 0.29) is 23.9 Å². The maximum atomic E-state index is 13.5. The number of pyridine rings is 1. The molecule has 0 bridgehead atoms. The molecule has 3 rings (SSSR count). The van der Waals surface area contributed by atoms with Crippen molar-refractivity contribution in [3.05, 3.63) is 71.9 Å². The maximum Gasteiger partial charge on any atom is 0.264 e. The van der Waals surface area contributed by atoms with E-state index in [4.69, 9.17) is 17.3 Å². The van der Waals surface area contributed by atoms with Crippen molar-refractivity contribution in [1.29, 1.82) is 0 Å². The first-order chi connectivity index (χ1) is 16.3. The van der Waals surface area contributed by atoms with Crippen molar-refractivity contribution < 1.29 is 13.2 Å². The van der Waals surface area contributed by atoms with Crippen LogP contribution in [0.3, 0.4) is 0 Å². The highest BCUT2D eigenvalue weighted by atomic mass is 35.5. The lowest BCUT2D eigenvalue weighted by Gasteiger charge is -2.26. The number of sulfonamides is 1. The summed E-state index contributed by atoms with van der Waals surface area (Å²) >= 11 is 5.91. The molecule has 0 saturated heterocycles. The third kappa shape index (κ3) is 6.60. The van der Waals surface area contributed by atoms with Crippen molar-refractivity contribution in [2.75, 3.05) is 46.4 Å². The molecule has 9 nitrogen and oxygen atoms in total. The summed E-state index contributed by atoms with van der Waals surface area (Å²) in [6.07, 6.45) is 1.59. The normalized spacial score (nSPS) is 11.0. The summed E-state index contributed by atoms with van der Waals surface area (Å²) in [5.41, 5.74) is 7.57. The molecular formula is C23H27ClN6O3S. The van der Waals surface area contributed by atoms with Gasteiger partial charge in [-0.15, -0.1) is 0 Å². The number of carbonyl (C=O) groups excluding carboxylic acids is 1. The molecule has 5 N–H and O–H groups in total. The molecule has 0 aliphatic carbocycles. The molecule has 3 aromatic rings. The molecule has 0 saturated carbocycles. The molecule has 34 heavy (non-hydrogen) atoms. The van der Waals surface area contributed by atoms with Gasteiger partial charge in [0.2, 0.25) is 5.91 Å². The smallest absolute Gasteiger partial charge is 0.264 e. The Morgan fingerprint density at radius 1 is 1.00 bits per heavy atom. The van der Waals surface area contributed by atoms with Gasteiger partial charge in [0.15, 0.2) is 5.82 Å². The van der Waals surface area contributed by atoms with E-state index in [2.05, 4.69) is 20.9 Å². The lowest BCUT2D eigenvalue weighted by atomic mass is 10.3. The van der Waals surface area contributed by atoms with Crippen LogP contribution in [0, 0.1) is 0 Å². The van der Waals surface area contributed by atoms with Gasteiger partial charge in [-0.1, -0.05) is 11.6 Å². The van der Waals surface area contributed by atoms with Crippen molar-refractivity contribution in [3.8, 4) is 0 Å². The molecule has 11 heteroatoms. The number of nitrogens with two attached hydrogens (primary N) is 1. The van der Waals surface area contributed by atoms with Crippen molar-refractivity contribution in [1.82, 2.24) is 4.98 Å². The minimum Gasteiger partial charge on any atom is -0.383 e. The average molecular weight is 503 g/mol. The molecule has 1 aromatic heterocycles. The van der Waals surface area contributed by atoms with E-state index in [1.807, 2.05) is 12.1 Å². The number of anilines is 4. The van der Waals surface area contributed by atoms with E-state index < -0.39 is 10.0 Å². The third-order valence-corrected chi connectivity index (χ3v) is 6.82. The minimum atomic E-state index is -3.93. The summed E-state index contributed by atoms with van der Waals surface area (Å²) < 4.78 is 28.1. The van der Waals surface area contributed by atoms with Crippen LogP contribution >= 0.6 is 11.6 Å². The van der Waals surface area contributed by atoms with Crippen LogP contribution in [0.5, 0.6) is 0 Å². The van der Waals surface area contributed by atoms with Crippen LogP contribution in [0.25, 0.3) is 0 Å². The van der Waals surface area contributed by atoms with Crippen LogP contribution in [0.1, 0.15) is 6.92 Å². The fourth-order valence-corrected chi connectivity index (χ4v) is 4.83. The summed E-state index contributed by atoms with van der Waals surface area (Å²) in [4.78, 5) is 15.7. The SMILES string of the molecule is CC(=O)Nc1ccc(S(=O)(=O)N(CCN)c2cccnc2NCCNc2ccc(Cl)cc2)cc1. The molecule has 0 radical (unpaired) electrons. The van der Waals surface area contributed by atoms with Gasteiger partial charge >= 0.3 is 0 Å². The molecular weight excluding hydrogens is 476 g/mol. The Balaban J connectivity index is 1.77. The molecule has 1 heterocycles. The Labute approximate surface area is 204 Å². The highest BCUT2D eigenvalue weighted by molar-refractivity contribution is 7.92. The van der Waals surface area contributed by atoms with E-state index in [0.717, 1.165) is 5.69 Å². The Kier molecular flexibility index (Phi) is 8.69. The standard InChI is InChI=1S/C23H27ClN6O3S/c1-17(31)29-20-8-10-21(11-9-20)34(32,33)30(16-12-25)22-3-2-13-27-23(22)28-15-14-26-19-6-4-18(24)5-7-19/h2-11,13,26H,12,14-16,25H2,1H3,(H,27,28)(H,29,31). The quantitative estimate of drug-likeness (QED) is 0.296. The van der Waals surface area contributed by atoms with Gasteiger partial charge < -0.3 is 21.7 Å². The number of aromatic nitrogens is 1. The predicted molar refractivity (Wildman–Crippen MR) is 137 cm³/mol. The van der Waals surface area contributed by atoms with Crippen molar-refractivity contribution in [3.63, 3.8) is 0 Å². The lowest BCUT2D eigenvalue weighted by molar-refractivity contribution is -0.114. The number of rotatable bonds is 11. The fourth-order valence-electron chi connectivity index (χ4n) is 3.22. The number of amides is 1. The fraction of sp³-hybridized carbons (Fsp3) is 0.217. The number of halogens is 1.